The van der Waals surface area contributed by atoms with Crippen molar-refractivity contribution >= 4 is 39.7 Å². The first-order valence-corrected chi connectivity index (χ1v) is 3.27. The third-order valence-electron chi connectivity index (χ3n) is 1.46. The molecule has 0 amide bonds. The molecular formula is C7H10Br2N2O. The van der Waals surface area contributed by atoms with Crippen molar-refractivity contribution in [3.63, 3.8) is 0 Å². The quantitative estimate of drug-likeness (QED) is 0.796. The molecule has 1 aliphatic heterocycles. The maximum Gasteiger partial charge on any atom is 0.145 e. The molecule has 1 N–H and O–H groups in total. The number of hydrogen-bond acceptors (Lipinski definition) is 3. The minimum Gasteiger partial charge on any atom is -0.489 e. The van der Waals surface area contributed by atoms with Crippen LogP contribution in [0.15, 0.2) is 18.5 Å². The van der Waals surface area contributed by atoms with Crippen molar-refractivity contribution in [1.82, 2.24) is 4.98 Å². The third kappa shape index (κ3) is 2.35. The Morgan fingerprint density at radius 1 is 1.42 bits per heavy atom. The van der Waals surface area contributed by atoms with Gasteiger partial charge in [-0.15, -0.1) is 34.0 Å². The Kier molecular flexibility index (Phi) is 5.24. The molecular weight excluding hydrogens is 288 g/mol. The first-order chi connectivity index (χ1) is 4.97. The largest absolute Gasteiger partial charge is 0.489 e. The molecule has 2 rings (SSSR count). The summed E-state index contributed by atoms with van der Waals surface area (Å²) in [7, 11) is 0. The van der Waals surface area contributed by atoms with E-state index in [0.29, 0.717) is 0 Å². The minimum absolute atomic E-state index is 0. The molecule has 3 nitrogen and oxygen atoms in total. The van der Waals surface area contributed by atoms with Gasteiger partial charge in [0.25, 0.3) is 0 Å². The lowest BCUT2D eigenvalue weighted by Gasteiger charge is -2.17. The Balaban J connectivity index is 0.000000605. The van der Waals surface area contributed by atoms with Crippen LogP contribution < -0.4 is 10.1 Å². The number of hydrogen-bond donors (Lipinski definition) is 1. The third-order valence-corrected chi connectivity index (χ3v) is 1.46. The van der Waals surface area contributed by atoms with E-state index in [0.717, 1.165) is 24.6 Å². The van der Waals surface area contributed by atoms with Crippen molar-refractivity contribution < 1.29 is 4.74 Å². The zero-order chi connectivity index (χ0) is 6.81. The van der Waals surface area contributed by atoms with Gasteiger partial charge < -0.3 is 10.1 Å². The Morgan fingerprint density at radius 3 is 3.00 bits per heavy atom. The van der Waals surface area contributed by atoms with Crippen molar-refractivity contribution in [3.8, 4) is 5.75 Å². The molecule has 0 bridgehead atoms. The normalized spacial score (nSPS) is 12.3. The number of nitrogens with zero attached hydrogens (tertiary/aromatic N) is 1. The second-order valence-electron chi connectivity index (χ2n) is 2.15. The molecule has 0 aromatic carbocycles. The van der Waals surface area contributed by atoms with Crippen LogP contribution in [0.3, 0.4) is 0 Å². The first kappa shape index (κ1) is 11.7. The lowest BCUT2D eigenvalue weighted by molar-refractivity contribution is 0.323. The van der Waals surface area contributed by atoms with Gasteiger partial charge in [0, 0.05) is 18.8 Å². The van der Waals surface area contributed by atoms with Gasteiger partial charge in [0.05, 0.1) is 11.9 Å². The zero-order valence-electron chi connectivity index (χ0n) is 6.32. The summed E-state index contributed by atoms with van der Waals surface area (Å²) in [6, 6.07) is 1.86. The summed E-state index contributed by atoms with van der Waals surface area (Å²) in [5.41, 5.74) is 0.994. The van der Waals surface area contributed by atoms with Gasteiger partial charge in [0.2, 0.25) is 0 Å². The lowest BCUT2D eigenvalue weighted by atomic mass is 10.3. The van der Waals surface area contributed by atoms with E-state index in [-0.39, 0.29) is 34.0 Å². The van der Waals surface area contributed by atoms with E-state index in [1.807, 2.05) is 6.07 Å². The maximum absolute atomic E-state index is 5.32. The van der Waals surface area contributed by atoms with E-state index >= 15 is 0 Å². The first-order valence-electron chi connectivity index (χ1n) is 3.27. The average Bonchev–Trinajstić information content (AvgIpc) is 2.05. The fourth-order valence-corrected chi connectivity index (χ4v) is 0.987. The molecule has 1 aromatic rings. The van der Waals surface area contributed by atoms with E-state index in [2.05, 4.69) is 10.3 Å². The number of anilines is 1. The number of nitrogens with one attached hydrogen (secondary N) is 1. The summed E-state index contributed by atoms with van der Waals surface area (Å²) in [5, 5.41) is 3.18. The van der Waals surface area contributed by atoms with Gasteiger partial charge >= 0.3 is 0 Å². The Bertz CT molecular complexity index is 220. The van der Waals surface area contributed by atoms with Crippen molar-refractivity contribution in [3.05, 3.63) is 18.5 Å². The van der Waals surface area contributed by atoms with Crippen molar-refractivity contribution in [2.45, 2.75) is 0 Å². The highest BCUT2D eigenvalue weighted by Gasteiger charge is 2.06. The molecule has 12 heavy (non-hydrogen) atoms. The highest BCUT2D eigenvalue weighted by molar-refractivity contribution is 8.93. The van der Waals surface area contributed by atoms with Gasteiger partial charge in [-0.2, -0.15) is 0 Å². The van der Waals surface area contributed by atoms with E-state index in [9.17, 15) is 0 Å². The summed E-state index contributed by atoms with van der Waals surface area (Å²) >= 11 is 0. The number of fused-ring (bicyclic) bond motifs is 1. The van der Waals surface area contributed by atoms with Crippen molar-refractivity contribution in [2.24, 2.45) is 0 Å². The second-order valence-corrected chi connectivity index (χ2v) is 2.15. The molecule has 1 aromatic heterocycles. The van der Waals surface area contributed by atoms with E-state index in [1.54, 1.807) is 12.4 Å². The topological polar surface area (TPSA) is 34.2 Å². The van der Waals surface area contributed by atoms with Gasteiger partial charge in [-0.05, 0) is 0 Å². The Morgan fingerprint density at radius 2 is 2.25 bits per heavy atom. The predicted octanol–water partition coefficient (Wildman–Crippen LogP) is 2.04. The van der Waals surface area contributed by atoms with Crippen molar-refractivity contribution in [1.29, 1.82) is 0 Å². The predicted molar refractivity (Wildman–Crippen MR) is 58.9 cm³/mol. The number of halogens is 2. The molecule has 5 heteroatoms. The number of aromatic nitrogens is 1. The maximum atomic E-state index is 5.32. The van der Waals surface area contributed by atoms with Crippen molar-refractivity contribution in [2.75, 3.05) is 18.5 Å². The number of rotatable bonds is 0. The van der Waals surface area contributed by atoms with Crippen LogP contribution in [0.2, 0.25) is 0 Å². The smallest absolute Gasteiger partial charge is 0.145 e. The van der Waals surface area contributed by atoms with Crippen LogP contribution >= 0.6 is 34.0 Å². The highest BCUT2D eigenvalue weighted by atomic mass is 79.9. The van der Waals surface area contributed by atoms with Gasteiger partial charge in [0.1, 0.15) is 12.4 Å². The summed E-state index contributed by atoms with van der Waals surface area (Å²) in [5.74, 6) is 0.904. The molecule has 0 spiro atoms. The van der Waals surface area contributed by atoms with E-state index < -0.39 is 0 Å². The van der Waals surface area contributed by atoms with Crippen LogP contribution in [0.5, 0.6) is 5.75 Å². The SMILES string of the molecule is Br.Br.c1cc2c(cn1)NCCO2. The molecule has 0 fully saturated rings. The summed E-state index contributed by atoms with van der Waals surface area (Å²) in [6.45, 7) is 1.62. The Labute approximate surface area is 92.1 Å². The second kappa shape index (κ2) is 5.37. The average molecular weight is 298 g/mol. The number of ether oxygens (including phenoxy) is 1. The fraction of sp³-hybridized carbons (Fsp3) is 0.286. The molecule has 0 unspecified atom stereocenters. The summed E-state index contributed by atoms with van der Waals surface area (Å²) in [6.07, 6.45) is 3.50. The molecule has 68 valence electrons. The van der Waals surface area contributed by atoms with Gasteiger partial charge in [-0.25, -0.2) is 0 Å². The fourth-order valence-electron chi connectivity index (χ4n) is 0.987. The monoisotopic (exact) mass is 296 g/mol. The van der Waals surface area contributed by atoms with Crippen LogP contribution in [0.4, 0.5) is 5.69 Å². The van der Waals surface area contributed by atoms with Crippen LogP contribution in [0.25, 0.3) is 0 Å². The molecule has 0 aliphatic carbocycles. The van der Waals surface area contributed by atoms with Crippen LogP contribution in [-0.4, -0.2) is 18.1 Å². The van der Waals surface area contributed by atoms with Gasteiger partial charge in [0.15, 0.2) is 0 Å². The number of pyridine rings is 1. The summed E-state index contributed by atoms with van der Waals surface area (Å²) in [4.78, 5) is 3.96. The van der Waals surface area contributed by atoms with Gasteiger partial charge in [-0.1, -0.05) is 0 Å². The standard InChI is InChI=1S/C7H8N2O.2BrH/c1-2-8-5-6-7(1)10-4-3-9-6;;/h1-2,5,9H,3-4H2;2*1H. The van der Waals surface area contributed by atoms with Crippen LogP contribution in [0.1, 0.15) is 0 Å². The lowest BCUT2D eigenvalue weighted by Crippen LogP contribution is -2.17. The molecule has 0 saturated heterocycles. The highest BCUT2D eigenvalue weighted by Crippen LogP contribution is 2.24. The molecule has 1 aliphatic rings. The van der Waals surface area contributed by atoms with Crippen LogP contribution in [-0.2, 0) is 0 Å². The Hall–Kier alpha value is -0.290. The summed E-state index contributed by atoms with van der Waals surface area (Å²) < 4.78 is 5.32. The van der Waals surface area contributed by atoms with E-state index in [4.69, 9.17) is 4.74 Å². The van der Waals surface area contributed by atoms with E-state index in [1.165, 1.54) is 0 Å². The van der Waals surface area contributed by atoms with Crippen LogP contribution in [0, 0.1) is 0 Å². The molecule has 2 heterocycles. The molecule has 0 atom stereocenters. The molecule has 0 saturated carbocycles. The molecule has 0 radical (unpaired) electrons. The zero-order valence-corrected chi connectivity index (χ0v) is 9.74. The van der Waals surface area contributed by atoms with Gasteiger partial charge in [-0.3, -0.25) is 4.98 Å². The minimum atomic E-state index is 0.